The SMILES string of the molecule is O=C(COC(=O)c1cc2c(s1)-c1ccccc1CC2)NC[C@H]1CCCO1. The van der Waals surface area contributed by atoms with Crippen molar-refractivity contribution in [2.45, 2.75) is 31.8 Å². The second-order valence-electron chi connectivity index (χ2n) is 6.64. The molecule has 0 unspecified atom stereocenters. The van der Waals surface area contributed by atoms with E-state index in [1.807, 2.05) is 18.2 Å². The van der Waals surface area contributed by atoms with Gasteiger partial charge in [-0.2, -0.15) is 0 Å². The first-order valence-corrected chi connectivity index (χ1v) is 9.79. The van der Waals surface area contributed by atoms with Crippen LogP contribution in [0.4, 0.5) is 0 Å². The van der Waals surface area contributed by atoms with Crippen LogP contribution in [0.15, 0.2) is 30.3 Å². The van der Waals surface area contributed by atoms with Crippen molar-refractivity contribution in [1.29, 1.82) is 0 Å². The first-order valence-electron chi connectivity index (χ1n) is 8.97. The Labute approximate surface area is 156 Å². The van der Waals surface area contributed by atoms with Gasteiger partial charge >= 0.3 is 5.97 Å². The maximum Gasteiger partial charge on any atom is 0.348 e. The van der Waals surface area contributed by atoms with Gasteiger partial charge in [-0.3, -0.25) is 4.79 Å². The van der Waals surface area contributed by atoms with Crippen molar-refractivity contribution in [3.8, 4) is 10.4 Å². The van der Waals surface area contributed by atoms with Gasteiger partial charge in [0.05, 0.1) is 6.10 Å². The van der Waals surface area contributed by atoms with Crippen LogP contribution < -0.4 is 5.32 Å². The second-order valence-corrected chi connectivity index (χ2v) is 7.69. The van der Waals surface area contributed by atoms with Crippen LogP contribution in [0.25, 0.3) is 10.4 Å². The summed E-state index contributed by atoms with van der Waals surface area (Å²) in [5, 5.41) is 2.76. The minimum atomic E-state index is -0.436. The van der Waals surface area contributed by atoms with Gasteiger partial charge in [0.1, 0.15) is 4.88 Å². The van der Waals surface area contributed by atoms with Crippen molar-refractivity contribution in [1.82, 2.24) is 5.32 Å². The topological polar surface area (TPSA) is 64.6 Å². The largest absolute Gasteiger partial charge is 0.451 e. The molecule has 0 spiro atoms. The zero-order valence-corrected chi connectivity index (χ0v) is 15.3. The minimum Gasteiger partial charge on any atom is -0.451 e. The predicted octanol–water partition coefficient (Wildman–Crippen LogP) is 2.97. The van der Waals surface area contributed by atoms with Crippen LogP contribution in [0.3, 0.4) is 0 Å². The van der Waals surface area contributed by atoms with E-state index in [1.165, 1.54) is 28.0 Å². The van der Waals surface area contributed by atoms with Gasteiger partial charge in [0.2, 0.25) is 0 Å². The molecule has 26 heavy (non-hydrogen) atoms. The molecule has 5 nitrogen and oxygen atoms in total. The summed E-state index contributed by atoms with van der Waals surface area (Å²) in [6.07, 6.45) is 3.99. The van der Waals surface area contributed by atoms with Crippen LogP contribution in [0.2, 0.25) is 0 Å². The van der Waals surface area contributed by atoms with Crippen LogP contribution in [0.5, 0.6) is 0 Å². The number of carbonyl (C=O) groups is 2. The van der Waals surface area contributed by atoms with Gasteiger partial charge in [-0.15, -0.1) is 11.3 Å². The fraction of sp³-hybridized carbons (Fsp3) is 0.400. The highest BCUT2D eigenvalue weighted by Crippen LogP contribution is 2.39. The van der Waals surface area contributed by atoms with Crippen LogP contribution in [-0.4, -0.2) is 37.7 Å². The number of hydrogen-bond donors (Lipinski definition) is 1. The Morgan fingerprint density at radius 2 is 2.08 bits per heavy atom. The highest BCUT2D eigenvalue weighted by Gasteiger charge is 2.22. The summed E-state index contributed by atoms with van der Waals surface area (Å²) in [4.78, 5) is 25.9. The smallest absolute Gasteiger partial charge is 0.348 e. The number of amides is 1. The van der Waals surface area contributed by atoms with Gasteiger partial charge in [-0.1, -0.05) is 24.3 Å². The molecule has 2 aliphatic rings. The van der Waals surface area contributed by atoms with Gasteiger partial charge in [-0.05, 0) is 48.4 Å². The van der Waals surface area contributed by atoms with Gasteiger partial charge < -0.3 is 14.8 Å². The Bertz CT molecular complexity index is 823. The lowest BCUT2D eigenvalue weighted by Gasteiger charge is -2.15. The number of carbonyl (C=O) groups excluding carboxylic acids is 2. The fourth-order valence-corrected chi connectivity index (χ4v) is 4.62. The summed E-state index contributed by atoms with van der Waals surface area (Å²) in [6.45, 7) is 0.965. The van der Waals surface area contributed by atoms with Gasteiger partial charge in [0, 0.05) is 18.0 Å². The van der Waals surface area contributed by atoms with E-state index < -0.39 is 5.97 Å². The molecule has 1 saturated heterocycles. The number of hydrogen-bond acceptors (Lipinski definition) is 5. The van der Waals surface area contributed by atoms with E-state index in [9.17, 15) is 9.59 Å². The lowest BCUT2D eigenvalue weighted by molar-refractivity contribution is -0.124. The highest BCUT2D eigenvalue weighted by molar-refractivity contribution is 7.17. The third kappa shape index (κ3) is 3.66. The lowest BCUT2D eigenvalue weighted by Crippen LogP contribution is -2.34. The van der Waals surface area contributed by atoms with Crippen LogP contribution in [0, 0.1) is 0 Å². The average Bonchev–Trinajstić information content (AvgIpc) is 3.33. The van der Waals surface area contributed by atoms with Gasteiger partial charge in [0.15, 0.2) is 6.61 Å². The first-order chi connectivity index (χ1) is 12.7. The van der Waals surface area contributed by atoms with Crippen molar-refractivity contribution in [2.24, 2.45) is 0 Å². The average molecular weight is 371 g/mol. The van der Waals surface area contributed by atoms with E-state index in [-0.39, 0.29) is 18.6 Å². The minimum absolute atomic E-state index is 0.0822. The molecule has 1 aromatic carbocycles. The number of nitrogens with one attached hydrogen (secondary N) is 1. The summed E-state index contributed by atoms with van der Waals surface area (Å²) in [6, 6.07) is 10.2. The number of thiophene rings is 1. The summed E-state index contributed by atoms with van der Waals surface area (Å²) in [5.41, 5.74) is 3.70. The zero-order valence-electron chi connectivity index (χ0n) is 14.5. The van der Waals surface area contributed by atoms with Crippen LogP contribution in [0.1, 0.15) is 33.6 Å². The van der Waals surface area contributed by atoms with Crippen molar-refractivity contribution in [3.63, 3.8) is 0 Å². The monoisotopic (exact) mass is 371 g/mol. The summed E-state index contributed by atoms with van der Waals surface area (Å²) >= 11 is 1.45. The first kappa shape index (κ1) is 17.2. The van der Waals surface area contributed by atoms with E-state index in [2.05, 4.69) is 17.4 Å². The van der Waals surface area contributed by atoms with Gasteiger partial charge in [-0.25, -0.2) is 4.79 Å². The standard InChI is InChI=1S/C20H21NO4S/c22-18(21-11-15-5-3-9-24-15)12-25-20(23)17-10-14-8-7-13-4-1-2-6-16(13)19(14)26-17/h1-2,4,6,10,15H,3,5,7-9,11-12H2,(H,21,22)/t15-/m1/s1. The van der Waals surface area contributed by atoms with E-state index in [0.29, 0.717) is 11.4 Å². The van der Waals surface area contributed by atoms with Crippen molar-refractivity contribution in [2.75, 3.05) is 19.8 Å². The number of fused-ring (bicyclic) bond motifs is 3. The zero-order chi connectivity index (χ0) is 17.9. The molecule has 6 heteroatoms. The maximum atomic E-state index is 12.3. The van der Waals surface area contributed by atoms with Crippen LogP contribution >= 0.6 is 11.3 Å². The van der Waals surface area contributed by atoms with E-state index >= 15 is 0 Å². The normalized spacial score (nSPS) is 18.1. The predicted molar refractivity (Wildman–Crippen MR) is 99.4 cm³/mol. The molecule has 1 N–H and O–H groups in total. The number of ether oxygens (including phenoxy) is 2. The molecule has 0 radical (unpaired) electrons. The molecule has 2 heterocycles. The molecule has 2 aromatic rings. The number of esters is 1. The molecule has 0 bridgehead atoms. The molecule has 4 rings (SSSR count). The Morgan fingerprint density at radius 3 is 2.92 bits per heavy atom. The summed E-state index contributed by atoms with van der Waals surface area (Å²) in [7, 11) is 0. The molecule has 1 aromatic heterocycles. The second kappa shape index (κ2) is 7.60. The number of rotatable bonds is 5. The Balaban J connectivity index is 1.34. The maximum absolute atomic E-state index is 12.3. The van der Waals surface area contributed by atoms with Gasteiger partial charge in [0.25, 0.3) is 5.91 Å². The molecule has 136 valence electrons. The van der Waals surface area contributed by atoms with Crippen molar-refractivity contribution < 1.29 is 19.1 Å². The molecular weight excluding hydrogens is 350 g/mol. The fourth-order valence-electron chi connectivity index (χ4n) is 3.46. The van der Waals surface area contributed by atoms with Crippen molar-refractivity contribution >= 4 is 23.2 Å². The molecule has 1 amide bonds. The highest BCUT2D eigenvalue weighted by atomic mass is 32.1. The van der Waals surface area contributed by atoms with Crippen LogP contribution in [-0.2, 0) is 27.1 Å². The van der Waals surface area contributed by atoms with E-state index in [0.717, 1.165) is 37.2 Å². The van der Waals surface area contributed by atoms with E-state index in [1.54, 1.807) is 0 Å². The third-order valence-corrected chi connectivity index (χ3v) is 6.01. The quantitative estimate of drug-likeness (QED) is 0.821. The Morgan fingerprint density at radius 1 is 1.23 bits per heavy atom. The Hall–Kier alpha value is -2.18. The molecule has 0 saturated carbocycles. The molecule has 1 aliphatic heterocycles. The van der Waals surface area contributed by atoms with Crippen molar-refractivity contribution in [3.05, 3.63) is 46.3 Å². The van der Waals surface area contributed by atoms with E-state index in [4.69, 9.17) is 9.47 Å². The molecule has 1 atom stereocenters. The molecule has 1 fully saturated rings. The third-order valence-electron chi connectivity index (χ3n) is 4.82. The lowest BCUT2D eigenvalue weighted by atomic mass is 9.91. The Kier molecular flexibility index (Phi) is 5.04. The number of benzene rings is 1. The number of aryl methyl sites for hydroxylation is 2. The summed E-state index contributed by atoms with van der Waals surface area (Å²) < 4.78 is 10.6. The summed E-state index contributed by atoms with van der Waals surface area (Å²) in [5.74, 6) is -0.727. The molecule has 1 aliphatic carbocycles. The molecular formula is C20H21NO4S.